The Bertz CT molecular complexity index is 779. The largest absolute Gasteiger partial charge is 0.489 e. The molecule has 0 aromatic heterocycles. The number of hydrogen-bond donors (Lipinski definition) is 1. The van der Waals surface area contributed by atoms with Crippen molar-refractivity contribution in [2.24, 2.45) is 0 Å². The van der Waals surface area contributed by atoms with Gasteiger partial charge in [0.2, 0.25) is 0 Å². The quantitative estimate of drug-likeness (QED) is 0.733. The van der Waals surface area contributed by atoms with E-state index in [1.807, 2.05) is 24.3 Å². The van der Waals surface area contributed by atoms with Crippen molar-refractivity contribution >= 4 is 29.2 Å². The van der Waals surface area contributed by atoms with Crippen LogP contribution in [0.25, 0.3) is 0 Å². The van der Waals surface area contributed by atoms with Gasteiger partial charge < -0.3 is 14.6 Å². The number of ether oxygens (including phenoxy) is 2. The van der Waals surface area contributed by atoms with Gasteiger partial charge in [0.1, 0.15) is 12.4 Å². The van der Waals surface area contributed by atoms with Gasteiger partial charge in [-0.25, -0.2) is 0 Å². The van der Waals surface area contributed by atoms with Gasteiger partial charge in [-0.05, 0) is 29.8 Å². The lowest BCUT2D eigenvalue weighted by Gasteiger charge is -2.33. The van der Waals surface area contributed by atoms with Crippen LogP contribution >= 0.6 is 23.2 Å². The van der Waals surface area contributed by atoms with Crippen molar-refractivity contribution in [2.45, 2.75) is 19.1 Å². The van der Waals surface area contributed by atoms with E-state index in [4.69, 9.17) is 37.8 Å². The fraction of sp³-hybridized carbons (Fsp3) is 0.350. The van der Waals surface area contributed by atoms with E-state index in [0.29, 0.717) is 35.5 Å². The first-order chi connectivity index (χ1) is 13.0. The van der Waals surface area contributed by atoms with E-state index in [1.165, 1.54) is 0 Å². The number of halogens is 2. The van der Waals surface area contributed by atoms with E-state index in [1.54, 1.807) is 18.2 Å². The maximum atomic E-state index is 10.8. The summed E-state index contributed by atoms with van der Waals surface area (Å²) in [7, 11) is 0. The summed E-state index contributed by atoms with van der Waals surface area (Å²) >= 11 is 12.4. The third-order valence-electron chi connectivity index (χ3n) is 4.47. The molecule has 0 spiro atoms. The molecule has 144 valence electrons. The summed E-state index contributed by atoms with van der Waals surface area (Å²) in [5.41, 5.74) is 1.75. The summed E-state index contributed by atoms with van der Waals surface area (Å²) in [5.74, 6) is -0.0820. The van der Waals surface area contributed by atoms with Crippen molar-refractivity contribution in [3.05, 3.63) is 63.6 Å². The van der Waals surface area contributed by atoms with Crippen LogP contribution in [0.2, 0.25) is 10.0 Å². The molecule has 2 aromatic rings. The molecule has 0 unspecified atom stereocenters. The number of rotatable bonds is 7. The lowest BCUT2D eigenvalue weighted by molar-refractivity contribution is -0.137. The predicted molar refractivity (Wildman–Crippen MR) is 105 cm³/mol. The average molecular weight is 410 g/mol. The Labute approximate surface area is 168 Å². The number of benzene rings is 2. The maximum absolute atomic E-state index is 10.8. The minimum atomic E-state index is -0.785. The molecule has 0 bridgehead atoms. The van der Waals surface area contributed by atoms with Crippen LogP contribution in [0.5, 0.6) is 5.75 Å². The Kier molecular flexibility index (Phi) is 6.96. The molecule has 1 N–H and O–H groups in total. The number of carbonyl (C=O) groups is 1. The number of carboxylic acids is 1. The minimum absolute atomic E-state index is 0.111. The zero-order chi connectivity index (χ0) is 19.2. The lowest BCUT2D eigenvalue weighted by Crippen LogP contribution is -2.39. The smallest absolute Gasteiger partial charge is 0.304 e. The van der Waals surface area contributed by atoms with Crippen molar-refractivity contribution in [1.82, 2.24) is 4.90 Å². The van der Waals surface area contributed by atoms with Gasteiger partial charge in [-0.1, -0.05) is 41.4 Å². The highest BCUT2D eigenvalue weighted by atomic mass is 35.5. The van der Waals surface area contributed by atoms with Gasteiger partial charge in [0.05, 0.1) is 19.1 Å². The van der Waals surface area contributed by atoms with Gasteiger partial charge in [0, 0.05) is 35.2 Å². The van der Waals surface area contributed by atoms with Crippen LogP contribution in [0.1, 0.15) is 23.7 Å². The Morgan fingerprint density at radius 3 is 2.70 bits per heavy atom. The summed E-state index contributed by atoms with van der Waals surface area (Å²) in [6.45, 7) is 2.78. The Balaban J connectivity index is 1.64. The van der Waals surface area contributed by atoms with E-state index in [2.05, 4.69) is 4.90 Å². The normalized spacial score (nSPS) is 17.6. The molecule has 1 atom stereocenters. The highest BCUT2D eigenvalue weighted by Gasteiger charge is 2.22. The second kappa shape index (κ2) is 9.42. The van der Waals surface area contributed by atoms with Gasteiger partial charge in [-0.2, -0.15) is 0 Å². The van der Waals surface area contributed by atoms with E-state index < -0.39 is 5.97 Å². The van der Waals surface area contributed by atoms with Crippen molar-refractivity contribution in [2.75, 3.05) is 26.2 Å². The third-order valence-corrected chi connectivity index (χ3v) is 5.18. The van der Waals surface area contributed by atoms with Gasteiger partial charge >= 0.3 is 5.97 Å². The Hall–Kier alpha value is -1.79. The van der Waals surface area contributed by atoms with Crippen LogP contribution in [0.3, 0.4) is 0 Å². The molecule has 2 aromatic carbocycles. The first kappa shape index (κ1) is 20.0. The molecule has 7 heteroatoms. The van der Waals surface area contributed by atoms with Crippen LogP contribution < -0.4 is 4.74 Å². The predicted octanol–water partition coefficient (Wildman–Crippen LogP) is 4.42. The van der Waals surface area contributed by atoms with E-state index in [9.17, 15) is 4.79 Å². The summed E-state index contributed by atoms with van der Waals surface area (Å²) in [6.07, 6.45) is 0.0223. The van der Waals surface area contributed by atoms with Crippen LogP contribution in [-0.4, -0.2) is 42.2 Å². The second-order valence-electron chi connectivity index (χ2n) is 6.37. The molecule has 1 saturated heterocycles. The third kappa shape index (κ3) is 5.59. The molecular weight excluding hydrogens is 389 g/mol. The monoisotopic (exact) mass is 409 g/mol. The Morgan fingerprint density at radius 1 is 1.22 bits per heavy atom. The standard InChI is InChI=1S/C20H21Cl2NO4/c21-17-5-2-6-18(22)16(17)13-27-15-4-1-3-14(11-15)19-12-23(9-10-26-19)8-7-20(24)25/h1-6,11,19H,7-10,12-13H2,(H,24,25)/t19-/m0/s1. The zero-order valence-electron chi connectivity index (χ0n) is 14.7. The van der Waals surface area contributed by atoms with Gasteiger partial charge in [0.15, 0.2) is 0 Å². The molecule has 0 radical (unpaired) electrons. The highest BCUT2D eigenvalue weighted by Crippen LogP contribution is 2.28. The van der Waals surface area contributed by atoms with Gasteiger partial charge in [0.25, 0.3) is 0 Å². The van der Waals surface area contributed by atoms with Crippen molar-refractivity contribution in [3.63, 3.8) is 0 Å². The molecule has 3 rings (SSSR count). The molecule has 0 amide bonds. The molecule has 1 aliphatic heterocycles. The van der Waals surface area contributed by atoms with Crippen molar-refractivity contribution in [1.29, 1.82) is 0 Å². The lowest BCUT2D eigenvalue weighted by atomic mass is 10.1. The van der Waals surface area contributed by atoms with E-state index in [-0.39, 0.29) is 19.1 Å². The summed E-state index contributed by atoms with van der Waals surface area (Å²) in [4.78, 5) is 12.9. The molecular formula is C20H21Cl2NO4. The number of aliphatic carboxylic acids is 1. The molecule has 1 fully saturated rings. The molecule has 1 aliphatic rings. The van der Waals surface area contributed by atoms with Crippen LogP contribution in [-0.2, 0) is 16.1 Å². The fourth-order valence-electron chi connectivity index (χ4n) is 2.99. The van der Waals surface area contributed by atoms with Crippen LogP contribution in [0, 0.1) is 0 Å². The van der Waals surface area contributed by atoms with Gasteiger partial charge in [-0.15, -0.1) is 0 Å². The number of morpholine rings is 1. The van der Waals surface area contributed by atoms with Crippen molar-refractivity contribution in [3.8, 4) is 5.75 Å². The molecule has 27 heavy (non-hydrogen) atoms. The average Bonchev–Trinajstić information content (AvgIpc) is 2.66. The number of hydrogen-bond acceptors (Lipinski definition) is 4. The summed E-state index contributed by atoms with van der Waals surface area (Å²) in [5, 5.41) is 10.0. The summed E-state index contributed by atoms with van der Waals surface area (Å²) in [6, 6.07) is 13.1. The number of nitrogens with zero attached hydrogens (tertiary/aromatic N) is 1. The zero-order valence-corrected chi connectivity index (χ0v) is 16.2. The SMILES string of the molecule is O=C(O)CCN1CCO[C@H](c2cccc(OCc3c(Cl)cccc3Cl)c2)C1. The van der Waals surface area contributed by atoms with E-state index in [0.717, 1.165) is 17.7 Å². The fourth-order valence-corrected chi connectivity index (χ4v) is 3.50. The molecule has 0 saturated carbocycles. The summed E-state index contributed by atoms with van der Waals surface area (Å²) < 4.78 is 11.7. The Morgan fingerprint density at radius 2 is 1.96 bits per heavy atom. The van der Waals surface area contributed by atoms with Gasteiger partial charge in [-0.3, -0.25) is 9.69 Å². The van der Waals surface area contributed by atoms with Crippen molar-refractivity contribution < 1.29 is 19.4 Å². The number of carboxylic acid groups (broad SMARTS) is 1. The maximum Gasteiger partial charge on any atom is 0.304 e. The minimum Gasteiger partial charge on any atom is -0.489 e. The second-order valence-corrected chi connectivity index (χ2v) is 7.18. The first-order valence-corrected chi connectivity index (χ1v) is 9.50. The molecule has 1 heterocycles. The molecule has 0 aliphatic carbocycles. The first-order valence-electron chi connectivity index (χ1n) is 8.74. The highest BCUT2D eigenvalue weighted by molar-refractivity contribution is 6.35. The van der Waals surface area contributed by atoms with Crippen LogP contribution in [0.4, 0.5) is 0 Å². The van der Waals surface area contributed by atoms with E-state index >= 15 is 0 Å². The van der Waals surface area contributed by atoms with Crippen LogP contribution in [0.15, 0.2) is 42.5 Å². The molecule has 5 nitrogen and oxygen atoms in total. The topological polar surface area (TPSA) is 59.0 Å².